The number of aliphatic carboxylic acids is 1. The number of benzene rings is 3. The number of carboxylic acids is 1. The maximum Gasteiger partial charge on any atom is 0.315 e. The number of piperazine rings is 1. The molecule has 1 aliphatic carbocycles. The Morgan fingerprint density at radius 3 is 2.08 bits per heavy atom. The number of carboxylic acid groups (broad SMARTS) is 1. The standard InChI is InChI=1S/C37H43N9O.C2H4O2/c1-44-20-22-45(23-21-44)30-16-18-31(19-17-30)46-36-32(35(38)40-25-41-36)34(43-46)29-14-12-28(13-15-29)33(27-10-6-3-7-11-27)42-37(47)39-24-26-8-4-2-5-9-26;1-2(3)4/h2-15,25,30-31,33H,16-24H2,1H3,(H2,38,40,41)(H2,39,42,47);1H3,(H,3,4)/t30-,31+,33?;. The molecule has 2 aliphatic rings. The smallest absolute Gasteiger partial charge is 0.315 e. The molecule has 1 atom stereocenters. The van der Waals surface area contributed by atoms with Crippen molar-refractivity contribution in [2.45, 2.75) is 57.3 Å². The number of nitrogens with one attached hydrogen (secondary N) is 2. The zero-order valence-corrected chi connectivity index (χ0v) is 29.3. The van der Waals surface area contributed by atoms with Gasteiger partial charge in [-0.2, -0.15) is 5.10 Å². The van der Waals surface area contributed by atoms with Crippen molar-refractivity contribution in [1.29, 1.82) is 0 Å². The van der Waals surface area contributed by atoms with Gasteiger partial charge in [0.15, 0.2) is 5.65 Å². The van der Waals surface area contributed by atoms with Crippen molar-refractivity contribution >= 4 is 28.9 Å². The lowest BCUT2D eigenvalue weighted by atomic mass is 9.90. The minimum atomic E-state index is -0.833. The third-order valence-electron chi connectivity index (χ3n) is 9.81. The molecule has 1 saturated carbocycles. The van der Waals surface area contributed by atoms with Crippen LogP contribution in [0.4, 0.5) is 10.6 Å². The van der Waals surface area contributed by atoms with Crippen LogP contribution in [-0.2, 0) is 11.3 Å². The van der Waals surface area contributed by atoms with E-state index >= 15 is 0 Å². The molecule has 3 heterocycles. The number of amides is 2. The molecule has 12 heteroatoms. The van der Waals surface area contributed by atoms with Gasteiger partial charge in [-0.15, -0.1) is 0 Å². The molecular formula is C39H47N9O3. The lowest BCUT2D eigenvalue weighted by molar-refractivity contribution is -0.134. The molecule has 2 fully saturated rings. The Morgan fingerprint density at radius 2 is 1.43 bits per heavy atom. The summed E-state index contributed by atoms with van der Waals surface area (Å²) in [6.45, 7) is 6.13. The molecule has 5 N–H and O–H groups in total. The molecule has 0 spiro atoms. The fourth-order valence-electron chi connectivity index (χ4n) is 7.11. The van der Waals surface area contributed by atoms with Crippen LogP contribution in [0.3, 0.4) is 0 Å². The average molecular weight is 690 g/mol. The van der Waals surface area contributed by atoms with E-state index in [1.54, 1.807) is 0 Å². The predicted molar refractivity (Wildman–Crippen MR) is 199 cm³/mol. The summed E-state index contributed by atoms with van der Waals surface area (Å²) in [4.78, 5) is 36.2. The summed E-state index contributed by atoms with van der Waals surface area (Å²) in [5.74, 6) is -0.398. The molecule has 1 unspecified atom stereocenters. The lowest BCUT2D eigenvalue weighted by Gasteiger charge is -2.41. The largest absolute Gasteiger partial charge is 0.481 e. The van der Waals surface area contributed by atoms with E-state index in [4.69, 9.17) is 20.7 Å². The number of anilines is 1. The molecule has 2 amide bonds. The highest BCUT2D eigenvalue weighted by Gasteiger charge is 2.31. The van der Waals surface area contributed by atoms with Crippen molar-refractivity contribution in [3.05, 3.63) is 108 Å². The normalized spacial score (nSPS) is 18.7. The second kappa shape index (κ2) is 16.6. The zero-order valence-electron chi connectivity index (χ0n) is 29.3. The number of fused-ring (bicyclic) bond motifs is 1. The molecule has 0 bridgehead atoms. The van der Waals surface area contributed by atoms with Crippen LogP contribution in [0.1, 0.15) is 61.4 Å². The Balaban J connectivity index is 0.00000107. The number of nitrogens with zero attached hydrogens (tertiary/aromatic N) is 6. The molecule has 3 aromatic carbocycles. The number of nitrogens with two attached hydrogens (primary N) is 1. The highest BCUT2D eigenvalue weighted by molar-refractivity contribution is 5.98. The summed E-state index contributed by atoms with van der Waals surface area (Å²) in [6, 6.07) is 28.5. The third kappa shape index (κ3) is 8.89. The van der Waals surface area contributed by atoms with Gasteiger partial charge in [-0.05, 0) is 49.4 Å². The second-order valence-electron chi connectivity index (χ2n) is 13.3. The van der Waals surface area contributed by atoms with Gasteiger partial charge in [-0.1, -0.05) is 84.9 Å². The van der Waals surface area contributed by atoms with Crippen molar-refractivity contribution in [3.8, 4) is 11.3 Å². The molecule has 1 aliphatic heterocycles. The number of hydrogen-bond acceptors (Lipinski definition) is 8. The van der Waals surface area contributed by atoms with Gasteiger partial charge in [0, 0.05) is 51.3 Å². The molecule has 266 valence electrons. The van der Waals surface area contributed by atoms with E-state index in [1.165, 1.54) is 6.33 Å². The second-order valence-corrected chi connectivity index (χ2v) is 13.3. The zero-order chi connectivity index (χ0) is 35.7. The van der Waals surface area contributed by atoms with Crippen LogP contribution in [0, 0.1) is 0 Å². The number of urea groups is 1. The summed E-state index contributed by atoms with van der Waals surface area (Å²) in [7, 11) is 2.21. The van der Waals surface area contributed by atoms with Crippen LogP contribution in [0.5, 0.6) is 0 Å². The minimum Gasteiger partial charge on any atom is -0.481 e. The number of carbonyl (C=O) groups is 2. The summed E-state index contributed by atoms with van der Waals surface area (Å²) in [6.07, 6.45) is 5.98. The molecular weight excluding hydrogens is 642 g/mol. The molecule has 7 rings (SSSR count). The van der Waals surface area contributed by atoms with Gasteiger partial charge in [0.05, 0.1) is 17.5 Å². The third-order valence-corrected chi connectivity index (χ3v) is 9.81. The lowest BCUT2D eigenvalue weighted by Crippen LogP contribution is -2.49. The number of aromatic nitrogens is 4. The van der Waals surface area contributed by atoms with E-state index in [1.807, 2.05) is 60.7 Å². The van der Waals surface area contributed by atoms with Gasteiger partial charge in [0.1, 0.15) is 17.8 Å². The van der Waals surface area contributed by atoms with E-state index in [9.17, 15) is 4.79 Å². The number of nitrogen functional groups attached to an aromatic ring is 1. The number of carbonyl (C=O) groups excluding carboxylic acids is 1. The van der Waals surface area contributed by atoms with Gasteiger partial charge in [0.2, 0.25) is 0 Å². The molecule has 12 nitrogen and oxygen atoms in total. The summed E-state index contributed by atoms with van der Waals surface area (Å²) in [5, 5.41) is 19.5. The monoisotopic (exact) mass is 689 g/mol. The Morgan fingerprint density at radius 1 is 0.843 bits per heavy atom. The minimum absolute atomic E-state index is 0.233. The van der Waals surface area contributed by atoms with Crippen molar-refractivity contribution in [1.82, 2.24) is 40.2 Å². The molecule has 51 heavy (non-hydrogen) atoms. The summed E-state index contributed by atoms with van der Waals surface area (Å²) in [5.41, 5.74) is 12.0. The first-order chi connectivity index (χ1) is 24.8. The van der Waals surface area contributed by atoms with Crippen molar-refractivity contribution < 1.29 is 14.7 Å². The highest BCUT2D eigenvalue weighted by Crippen LogP contribution is 2.37. The average Bonchev–Trinajstić information content (AvgIpc) is 3.55. The Hall–Kier alpha value is -5.33. The van der Waals surface area contributed by atoms with Gasteiger partial charge < -0.3 is 26.4 Å². The molecule has 2 aromatic heterocycles. The predicted octanol–water partition coefficient (Wildman–Crippen LogP) is 5.49. The topological polar surface area (TPSA) is 155 Å². The highest BCUT2D eigenvalue weighted by atomic mass is 16.4. The van der Waals surface area contributed by atoms with Crippen LogP contribution in [0.2, 0.25) is 0 Å². The number of hydrogen-bond donors (Lipinski definition) is 4. The Bertz CT molecular complexity index is 1880. The first-order valence-electron chi connectivity index (χ1n) is 17.6. The first kappa shape index (κ1) is 35.5. The van der Waals surface area contributed by atoms with E-state index < -0.39 is 5.97 Å². The Labute approximate surface area is 298 Å². The molecule has 0 radical (unpaired) electrons. The van der Waals surface area contributed by atoms with E-state index in [0.29, 0.717) is 18.4 Å². The van der Waals surface area contributed by atoms with Gasteiger partial charge >= 0.3 is 6.03 Å². The molecule has 1 saturated heterocycles. The number of likely N-dealkylation sites (N-methyl/N-ethyl adjacent to an activating group) is 1. The maximum absolute atomic E-state index is 13.1. The van der Waals surface area contributed by atoms with Crippen LogP contribution in [0.25, 0.3) is 22.3 Å². The van der Waals surface area contributed by atoms with Crippen LogP contribution < -0.4 is 16.4 Å². The van der Waals surface area contributed by atoms with Crippen LogP contribution >= 0.6 is 0 Å². The van der Waals surface area contributed by atoms with E-state index in [0.717, 1.165) is 97.8 Å². The number of rotatable bonds is 8. The quantitative estimate of drug-likeness (QED) is 0.166. The van der Waals surface area contributed by atoms with E-state index in [-0.39, 0.29) is 18.1 Å². The fourth-order valence-corrected chi connectivity index (χ4v) is 7.11. The molecule has 5 aromatic rings. The van der Waals surface area contributed by atoms with Crippen molar-refractivity contribution in [3.63, 3.8) is 0 Å². The summed E-state index contributed by atoms with van der Waals surface area (Å²) < 4.78 is 2.10. The van der Waals surface area contributed by atoms with Crippen molar-refractivity contribution in [2.75, 3.05) is 39.0 Å². The van der Waals surface area contributed by atoms with Gasteiger partial charge in [-0.25, -0.2) is 19.4 Å². The van der Waals surface area contributed by atoms with Crippen LogP contribution in [0.15, 0.2) is 91.3 Å². The van der Waals surface area contributed by atoms with Gasteiger partial charge in [0.25, 0.3) is 5.97 Å². The van der Waals surface area contributed by atoms with Gasteiger partial charge in [-0.3, -0.25) is 9.69 Å². The maximum atomic E-state index is 13.1. The summed E-state index contributed by atoms with van der Waals surface area (Å²) >= 11 is 0. The fraction of sp³-hybridized carbons (Fsp3) is 0.359. The van der Waals surface area contributed by atoms with Crippen molar-refractivity contribution in [2.24, 2.45) is 0 Å². The first-order valence-corrected chi connectivity index (χ1v) is 17.6. The SMILES string of the molecule is CC(=O)O.CN1CCN([C@H]2CC[C@@H](n3nc(-c4ccc(C(NC(=O)NCc5ccccc5)c5ccccc5)cc4)c4c(N)ncnc43)CC2)CC1. The van der Waals surface area contributed by atoms with E-state index in [2.05, 4.69) is 66.4 Å². The Kier molecular flexibility index (Phi) is 11.5. The van der Waals surface area contributed by atoms with Crippen LogP contribution in [-0.4, -0.2) is 85.9 Å².